The van der Waals surface area contributed by atoms with Gasteiger partial charge < -0.3 is 20.3 Å². The van der Waals surface area contributed by atoms with Crippen LogP contribution in [0.25, 0.3) is 0 Å². The predicted octanol–water partition coefficient (Wildman–Crippen LogP) is 2.35. The number of benzene rings is 1. The largest absolute Gasteiger partial charge is 0.493 e. The molecule has 1 unspecified atom stereocenters. The number of carboxylic acids is 1. The number of para-hydroxylation sites is 1. The van der Waals surface area contributed by atoms with Crippen molar-refractivity contribution < 1.29 is 19.4 Å². The molecule has 3 N–H and O–H groups in total. The molecule has 0 spiro atoms. The van der Waals surface area contributed by atoms with Crippen LogP contribution in [0.1, 0.15) is 38.3 Å². The summed E-state index contributed by atoms with van der Waals surface area (Å²) in [6.07, 6.45) is 0.373. The average molecular weight is 267 g/mol. The first-order valence-corrected chi connectivity index (χ1v) is 6.26. The van der Waals surface area contributed by atoms with E-state index in [1.807, 2.05) is 26.0 Å². The van der Waals surface area contributed by atoms with E-state index < -0.39 is 5.97 Å². The Hall–Kier alpha value is -1.75. The smallest absolute Gasteiger partial charge is 0.303 e. The average Bonchev–Trinajstić information content (AvgIpc) is 2.35. The molecule has 0 saturated carbocycles. The van der Waals surface area contributed by atoms with Crippen molar-refractivity contribution in [2.24, 2.45) is 5.73 Å². The molecule has 1 rings (SSSR count). The molecular weight excluding hydrogens is 246 g/mol. The van der Waals surface area contributed by atoms with Crippen LogP contribution in [0.5, 0.6) is 11.5 Å². The lowest BCUT2D eigenvalue weighted by atomic mass is 10.0. The summed E-state index contributed by atoms with van der Waals surface area (Å²) >= 11 is 0. The van der Waals surface area contributed by atoms with Gasteiger partial charge in [0.25, 0.3) is 0 Å². The molecule has 106 valence electrons. The highest BCUT2D eigenvalue weighted by Crippen LogP contribution is 2.36. The highest BCUT2D eigenvalue weighted by molar-refractivity contribution is 5.66. The number of carboxylic acid groups (broad SMARTS) is 1. The Kier molecular flexibility index (Phi) is 5.63. The van der Waals surface area contributed by atoms with Gasteiger partial charge in [-0.15, -0.1) is 0 Å². The SMILES string of the molecule is COc1cccc(C(N)CCC(=O)O)c1OC(C)C. The van der Waals surface area contributed by atoms with Gasteiger partial charge in [0.05, 0.1) is 13.2 Å². The van der Waals surface area contributed by atoms with Crippen molar-refractivity contribution in [1.82, 2.24) is 0 Å². The van der Waals surface area contributed by atoms with Crippen LogP contribution in [0.4, 0.5) is 0 Å². The lowest BCUT2D eigenvalue weighted by molar-refractivity contribution is -0.137. The monoisotopic (exact) mass is 267 g/mol. The maximum absolute atomic E-state index is 10.6. The highest BCUT2D eigenvalue weighted by Gasteiger charge is 2.18. The third-order valence-corrected chi connectivity index (χ3v) is 2.65. The zero-order chi connectivity index (χ0) is 14.4. The van der Waals surface area contributed by atoms with Crippen LogP contribution >= 0.6 is 0 Å². The molecule has 0 aliphatic carbocycles. The number of rotatable bonds is 7. The highest BCUT2D eigenvalue weighted by atomic mass is 16.5. The van der Waals surface area contributed by atoms with Crippen molar-refractivity contribution in [3.05, 3.63) is 23.8 Å². The van der Waals surface area contributed by atoms with Crippen LogP contribution in [0.15, 0.2) is 18.2 Å². The van der Waals surface area contributed by atoms with E-state index in [1.165, 1.54) is 0 Å². The van der Waals surface area contributed by atoms with Gasteiger partial charge in [0.1, 0.15) is 0 Å². The Balaban J connectivity index is 3.00. The second-order valence-electron chi connectivity index (χ2n) is 4.58. The molecule has 19 heavy (non-hydrogen) atoms. The summed E-state index contributed by atoms with van der Waals surface area (Å²) in [5.41, 5.74) is 6.82. The maximum Gasteiger partial charge on any atom is 0.303 e. The Morgan fingerprint density at radius 2 is 2.11 bits per heavy atom. The molecule has 5 heteroatoms. The molecule has 1 atom stereocenters. The van der Waals surface area contributed by atoms with Crippen LogP contribution < -0.4 is 15.2 Å². The van der Waals surface area contributed by atoms with Crippen molar-refractivity contribution in [3.63, 3.8) is 0 Å². The van der Waals surface area contributed by atoms with Crippen LogP contribution in [0, 0.1) is 0 Å². The standard InChI is InChI=1S/C14H21NO4/c1-9(2)19-14-10(5-4-6-12(14)18-3)11(15)7-8-13(16)17/h4-6,9,11H,7-8,15H2,1-3H3,(H,16,17). The third kappa shape index (κ3) is 4.44. The first-order chi connectivity index (χ1) is 8.95. The van der Waals surface area contributed by atoms with Gasteiger partial charge in [0.15, 0.2) is 11.5 Å². The van der Waals surface area contributed by atoms with Gasteiger partial charge in [-0.25, -0.2) is 0 Å². The van der Waals surface area contributed by atoms with E-state index >= 15 is 0 Å². The van der Waals surface area contributed by atoms with Crippen LogP contribution in [-0.4, -0.2) is 24.3 Å². The summed E-state index contributed by atoms with van der Waals surface area (Å²) in [6.45, 7) is 3.83. The zero-order valence-corrected chi connectivity index (χ0v) is 11.6. The number of methoxy groups -OCH3 is 1. The van der Waals surface area contributed by atoms with E-state index in [9.17, 15) is 4.79 Å². The van der Waals surface area contributed by atoms with Crippen LogP contribution in [0.3, 0.4) is 0 Å². The third-order valence-electron chi connectivity index (χ3n) is 2.65. The first-order valence-electron chi connectivity index (χ1n) is 6.26. The Morgan fingerprint density at radius 1 is 1.42 bits per heavy atom. The van der Waals surface area contributed by atoms with Crippen molar-refractivity contribution >= 4 is 5.97 Å². The van der Waals surface area contributed by atoms with Gasteiger partial charge in [-0.3, -0.25) is 4.79 Å². The summed E-state index contributed by atoms with van der Waals surface area (Å²) in [5.74, 6) is 0.347. The summed E-state index contributed by atoms with van der Waals surface area (Å²) in [7, 11) is 1.56. The predicted molar refractivity (Wildman–Crippen MR) is 72.6 cm³/mol. The van der Waals surface area contributed by atoms with Crippen molar-refractivity contribution in [2.75, 3.05) is 7.11 Å². The summed E-state index contributed by atoms with van der Waals surface area (Å²) in [6, 6.07) is 5.07. The number of hydrogen-bond acceptors (Lipinski definition) is 4. The van der Waals surface area contributed by atoms with Gasteiger partial charge in [-0.1, -0.05) is 12.1 Å². The lowest BCUT2D eigenvalue weighted by Gasteiger charge is -2.20. The molecule has 0 aromatic heterocycles. The number of aliphatic carboxylic acids is 1. The fraction of sp³-hybridized carbons (Fsp3) is 0.500. The van der Waals surface area contributed by atoms with E-state index in [-0.39, 0.29) is 18.6 Å². The Bertz CT molecular complexity index is 431. The van der Waals surface area contributed by atoms with Crippen molar-refractivity contribution in [2.45, 2.75) is 38.8 Å². The first kappa shape index (κ1) is 15.3. The minimum absolute atomic E-state index is 0.0123. The fourth-order valence-corrected chi connectivity index (χ4v) is 1.78. The van der Waals surface area contributed by atoms with Gasteiger partial charge in [-0.2, -0.15) is 0 Å². The second kappa shape index (κ2) is 6.99. The Morgan fingerprint density at radius 3 is 2.63 bits per heavy atom. The molecule has 0 aliphatic rings. The van der Waals surface area contributed by atoms with Crippen molar-refractivity contribution in [3.8, 4) is 11.5 Å². The maximum atomic E-state index is 10.6. The minimum Gasteiger partial charge on any atom is -0.493 e. The fourth-order valence-electron chi connectivity index (χ4n) is 1.78. The van der Waals surface area contributed by atoms with E-state index in [4.69, 9.17) is 20.3 Å². The van der Waals surface area contributed by atoms with Gasteiger partial charge in [0.2, 0.25) is 0 Å². The second-order valence-corrected chi connectivity index (χ2v) is 4.58. The molecular formula is C14H21NO4. The van der Waals surface area contributed by atoms with Gasteiger partial charge in [0, 0.05) is 18.0 Å². The Labute approximate surface area is 113 Å². The molecule has 1 aromatic carbocycles. The molecule has 0 saturated heterocycles. The van der Waals surface area contributed by atoms with E-state index in [1.54, 1.807) is 13.2 Å². The number of nitrogens with two attached hydrogens (primary N) is 1. The van der Waals surface area contributed by atoms with E-state index in [0.717, 1.165) is 5.56 Å². The molecule has 5 nitrogen and oxygen atoms in total. The van der Waals surface area contributed by atoms with Gasteiger partial charge in [-0.05, 0) is 26.3 Å². The molecule has 0 radical (unpaired) electrons. The van der Waals surface area contributed by atoms with E-state index in [2.05, 4.69) is 0 Å². The summed E-state index contributed by atoms with van der Waals surface area (Å²) < 4.78 is 11.0. The van der Waals surface area contributed by atoms with Crippen LogP contribution in [-0.2, 0) is 4.79 Å². The summed E-state index contributed by atoms with van der Waals surface area (Å²) in [5, 5.41) is 8.71. The normalized spacial score (nSPS) is 12.3. The molecule has 0 fully saturated rings. The van der Waals surface area contributed by atoms with Gasteiger partial charge >= 0.3 is 5.97 Å². The van der Waals surface area contributed by atoms with Crippen molar-refractivity contribution in [1.29, 1.82) is 0 Å². The molecule has 0 amide bonds. The zero-order valence-electron chi connectivity index (χ0n) is 11.6. The molecule has 0 bridgehead atoms. The molecule has 0 aliphatic heterocycles. The lowest BCUT2D eigenvalue weighted by Crippen LogP contribution is -2.16. The quantitative estimate of drug-likeness (QED) is 0.792. The summed E-state index contributed by atoms with van der Waals surface area (Å²) in [4.78, 5) is 10.6. The number of carbonyl (C=O) groups is 1. The number of hydrogen-bond donors (Lipinski definition) is 2. The molecule has 0 heterocycles. The topological polar surface area (TPSA) is 81.8 Å². The van der Waals surface area contributed by atoms with E-state index in [0.29, 0.717) is 17.9 Å². The van der Waals surface area contributed by atoms with Crippen LogP contribution in [0.2, 0.25) is 0 Å². The minimum atomic E-state index is -0.857. The number of ether oxygens (including phenoxy) is 2. The molecule has 1 aromatic rings.